The second-order valence-electron chi connectivity index (χ2n) is 4.40. The Morgan fingerprint density at radius 2 is 2.05 bits per heavy atom. The number of hydrogen-bond donors (Lipinski definition) is 1. The summed E-state index contributed by atoms with van der Waals surface area (Å²) in [5, 5.41) is 3.15. The third-order valence-electron chi connectivity index (χ3n) is 2.95. The zero-order valence-corrected chi connectivity index (χ0v) is 12.6. The number of hydrogen-bond acceptors (Lipinski definition) is 2. The zero-order valence-electron chi connectivity index (χ0n) is 11.0. The van der Waals surface area contributed by atoms with Crippen LogP contribution in [0.4, 0.5) is 8.78 Å². The lowest BCUT2D eigenvalue weighted by molar-refractivity contribution is 0.495. The van der Waals surface area contributed by atoms with Gasteiger partial charge in [-0.3, -0.25) is 4.98 Å². The van der Waals surface area contributed by atoms with Crippen molar-refractivity contribution in [3.05, 3.63) is 63.9 Å². The fourth-order valence-electron chi connectivity index (χ4n) is 2.00. The SMILES string of the molecule is CCCNC(c1ccccn1)c1c(F)ccc(Br)c1F. The highest BCUT2D eigenvalue weighted by molar-refractivity contribution is 9.10. The Morgan fingerprint density at radius 3 is 2.70 bits per heavy atom. The van der Waals surface area contributed by atoms with Gasteiger partial charge in [-0.25, -0.2) is 8.78 Å². The molecular weight excluding hydrogens is 326 g/mol. The maximum Gasteiger partial charge on any atom is 0.145 e. The molecule has 1 N–H and O–H groups in total. The topological polar surface area (TPSA) is 24.9 Å². The van der Waals surface area contributed by atoms with Crippen LogP contribution < -0.4 is 5.32 Å². The van der Waals surface area contributed by atoms with Crippen LogP contribution in [-0.4, -0.2) is 11.5 Å². The van der Waals surface area contributed by atoms with Gasteiger partial charge in [0.05, 0.1) is 16.2 Å². The lowest BCUT2D eigenvalue weighted by Crippen LogP contribution is -2.26. The van der Waals surface area contributed by atoms with Crippen LogP contribution in [-0.2, 0) is 0 Å². The van der Waals surface area contributed by atoms with E-state index in [9.17, 15) is 8.78 Å². The van der Waals surface area contributed by atoms with Crippen LogP contribution >= 0.6 is 15.9 Å². The molecule has 0 saturated heterocycles. The van der Waals surface area contributed by atoms with E-state index >= 15 is 0 Å². The second-order valence-corrected chi connectivity index (χ2v) is 5.25. The minimum atomic E-state index is -0.603. The first kappa shape index (κ1) is 15.1. The van der Waals surface area contributed by atoms with Gasteiger partial charge in [0, 0.05) is 11.8 Å². The normalized spacial score (nSPS) is 12.4. The molecule has 0 fully saturated rings. The van der Waals surface area contributed by atoms with E-state index in [0.29, 0.717) is 12.2 Å². The summed E-state index contributed by atoms with van der Waals surface area (Å²) in [6.45, 7) is 2.64. The average Bonchev–Trinajstić information content (AvgIpc) is 2.47. The second kappa shape index (κ2) is 6.90. The number of halogens is 3. The van der Waals surface area contributed by atoms with E-state index in [-0.39, 0.29) is 10.0 Å². The summed E-state index contributed by atoms with van der Waals surface area (Å²) in [4.78, 5) is 4.21. The van der Waals surface area contributed by atoms with E-state index in [0.717, 1.165) is 6.42 Å². The number of benzene rings is 1. The van der Waals surface area contributed by atoms with Gasteiger partial charge in [-0.05, 0) is 53.2 Å². The number of aromatic nitrogens is 1. The molecule has 0 radical (unpaired) electrons. The van der Waals surface area contributed by atoms with Crippen molar-refractivity contribution in [3.8, 4) is 0 Å². The molecule has 1 aromatic carbocycles. The van der Waals surface area contributed by atoms with Crippen molar-refractivity contribution in [3.63, 3.8) is 0 Å². The molecule has 5 heteroatoms. The molecule has 0 saturated carbocycles. The number of nitrogens with zero attached hydrogens (tertiary/aromatic N) is 1. The van der Waals surface area contributed by atoms with Crippen molar-refractivity contribution in [2.24, 2.45) is 0 Å². The minimum absolute atomic E-state index is 0.00785. The van der Waals surface area contributed by atoms with Crippen molar-refractivity contribution >= 4 is 15.9 Å². The largest absolute Gasteiger partial charge is 0.305 e. The van der Waals surface area contributed by atoms with Gasteiger partial charge in [-0.1, -0.05) is 13.0 Å². The number of rotatable bonds is 5. The summed E-state index contributed by atoms with van der Waals surface area (Å²) >= 11 is 3.10. The van der Waals surface area contributed by atoms with Gasteiger partial charge in [0.25, 0.3) is 0 Å². The fraction of sp³-hybridized carbons (Fsp3) is 0.267. The monoisotopic (exact) mass is 340 g/mol. The predicted octanol–water partition coefficient (Wildman–Crippen LogP) is 4.21. The first-order valence-corrected chi connectivity index (χ1v) is 7.22. The van der Waals surface area contributed by atoms with E-state index in [2.05, 4.69) is 26.2 Å². The van der Waals surface area contributed by atoms with Gasteiger partial charge in [0.15, 0.2) is 0 Å². The van der Waals surface area contributed by atoms with E-state index in [4.69, 9.17) is 0 Å². The number of pyridine rings is 1. The lowest BCUT2D eigenvalue weighted by Gasteiger charge is -2.20. The average molecular weight is 341 g/mol. The van der Waals surface area contributed by atoms with Crippen molar-refractivity contribution < 1.29 is 8.78 Å². The molecule has 1 unspecified atom stereocenters. The molecule has 2 aromatic rings. The summed E-state index contributed by atoms with van der Waals surface area (Å²) < 4.78 is 28.6. The van der Waals surface area contributed by atoms with Crippen LogP contribution in [0.3, 0.4) is 0 Å². The fourth-order valence-corrected chi connectivity index (χ4v) is 2.34. The number of nitrogens with one attached hydrogen (secondary N) is 1. The van der Waals surface area contributed by atoms with Crippen molar-refractivity contribution in [1.82, 2.24) is 10.3 Å². The third kappa shape index (κ3) is 3.22. The molecule has 1 aromatic heterocycles. The first-order chi connectivity index (χ1) is 9.65. The summed E-state index contributed by atoms with van der Waals surface area (Å²) in [6, 6.07) is 7.35. The molecule has 1 atom stereocenters. The highest BCUT2D eigenvalue weighted by Crippen LogP contribution is 2.29. The van der Waals surface area contributed by atoms with Crippen molar-refractivity contribution in [1.29, 1.82) is 0 Å². The molecular formula is C15H15BrF2N2. The van der Waals surface area contributed by atoms with Gasteiger partial charge in [-0.15, -0.1) is 0 Å². The van der Waals surface area contributed by atoms with Crippen LogP contribution in [0.2, 0.25) is 0 Å². The molecule has 0 spiro atoms. The van der Waals surface area contributed by atoms with Crippen LogP contribution in [0.5, 0.6) is 0 Å². The van der Waals surface area contributed by atoms with E-state index in [1.54, 1.807) is 24.4 Å². The Hall–Kier alpha value is -1.33. The van der Waals surface area contributed by atoms with Crippen LogP contribution in [0.25, 0.3) is 0 Å². The quantitative estimate of drug-likeness (QED) is 0.824. The zero-order chi connectivity index (χ0) is 14.5. The first-order valence-electron chi connectivity index (χ1n) is 6.42. The minimum Gasteiger partial charge on any atom is -0.305 e. The molecule has 0 aliphatic rings. The van der Waals surface area contributed by atoms with Gasteiger partial charge < -0.3 is 5.32 Å². The highest BCUT2D eigenvalue weighted by Gasteiger charge is 2.23. The van der Waals surface area contributed by atoms with Crippen LogP contribution in [0.1, 0.15) is 30.6 Å². The van der Waals surface area contributed by atoms with Crippen LogP contribution in [0, 0.1) is 11.6 Å². The molecule has 2 nitrogen and oxygen atoms in total. The van der Waals surface area contributed by atoms with E-state index < -0.39 is 17.7 Å². The lowest BCUT2D eigenvalue weighted by atomic mass is 10.0. The summed E-state index contributed by atoms with van der Waals surface area (Å²) in [5.41, 5.74) is 0.586. The molecule has 106 valence electrons. The van der Waals surface area contributed by atoms with Crippen LogP contribution in [0.15, 0.2) is 41.0 Å². The maximum atomic E-state index is 14.3. The molecule has 0 aliphatic carbocycles. The summed E-state index contributed by atoms with van der Waals surface area (Å²) in [6.07, 6.45) is 2.48. The Bertz CT molecular complexity index is 576. The molecule has 0 amide bonds. The van der Waals surface area contributed by atoms with Gasteiger partial charge >= 0.3 is 0 Å². The molecule has 20 heavy (non-hydrogen) atoms. The van der Waals surface area contributed by atoms with E-state index in [1.165, 1.54) is 12.1 Å². The van der Waals surface area contributed by atoms with Crippen molar-refractivity contribution in [2.45, 2.75) is 19.4 Å². The molecule has 2 rings (SSSR count). The molecule has 0 aliphatic heterocycles. The van der Waals surface area contributed by atoms with Gasteiger partial charge in [0.2, 0.25) is 0 Å². The van der Waals surface area contributed by atoms with Crippen molar-refractivity contribution in [2.75, 3.05) is 6.54 Å². The smallest absolute Gasteiger partial charge is 0.145 e. The van der Waals surface area contributed by atoms with Gasteiger partial charge in [-0.2, -0.15) is 0 Å². The Labute approximate surface area is 125 Å². The Morgan fingerprint density at radius 1 is 1.25 bits per heavy atom. The Kier molecular flexibility index (Phi) is 5.20. The third-order valence-corrected chi connectivity index (χ3v) is 3.56. The molecule has 1 heterocycles. The molecule has 0 bridgehead atoms. The summed E-state index contributed by atoms with van der Waals surface area (Å²) in [7, 11) is 0. The maximum absolute atomic E-state index is 14.3. The summed E-state index contributed by atoms with van der Waals surface area (Å²) in [5.74, 6) is -1.17. The van der Waals surface area contributed by atoms with E-state index in [1.807, 2.05) is 6.92 Å². The predicted molar refractivity (Wildman–Crippen MR) is 78.4 cm³/mol. The highest BCUT2D eigenvalue weighted by atomic mass is 79.9. The van der Waals surface area contributed by atoms with Gasteiger partial charge in [0.1, 0.15) is 11.6 Å². The standard InChI is InChI=1S/C15H15BrF2N2/c1-2-8-20-15(12-5-3-4-9-19-12)13-11(17)7-6-10(16)14(13)18/h3-7,9,15,20H,2,8H2,1H3. The Balaban J connectivity index is 2.49.